The van der Waals surface area contributed by atoms with Crippen LogP contribution in [0.3, 0.4) is 0 Å². The average molecular weight is 237 g/mol. The second-order valence-electron chi connectivity index (χ2n) is 4.05. The van der Waals surface area contributed by atoms with Gasteiger partial charge in [-0.2, -0.15) is 0 Å². The Bertz CT molecular complexity index is 321. The highest BCUT2D eigenvalue weighted by atomic mass is 28.4. The van der Waals surface area contributed by atoms with Crippen LogP contribution in [0, 0.1) is 0 Å². The van der Waals surface area contributed by atoms with Crippen LogP contribution in [-0.4, -0.2) is 40.6 Å². The third-order valence-corrected chi connectivity index (χ3v) is 6.66. The standard InChI is InChI=1S/C12H19NO2Si/c1-14-16(15-2,13-10-6-7-11-13)12-8-4-3-5-9-12/h3-5,8-9H,6-7,10-11H2,1-2H3. The minimum absolute atomic E-state index is 1.09. The molecule has 0 N–H and O–H groups in total. The molecule has 1 aromatic rings. The molecule has 1 aromatic carbocycles. The summed E-state index contributed by atoms with van der Waals surface area (Å²) in [7, 11) is 1.18. The second-order valence-corrected chi connectivity index (χ2v) is 7.24. The van der Waals surface area contributed by atoms with Crippen molar-refractivity contribution in [2.45, 2.75) is 12.8 Å². The Morgan fingerprint density at radius 1 is 1.00 bits per heavy atom. The molecule has 0 saturated carbocycles. The molecule has 1 aliphatic heterocycles. The van der Waals surface area contributed by atoms with Crippen LogP contribution in [0.1, 0.15) is 12.8 Å². The van der Waals surface area contributed by atoms with Gasteiger partial charge < -0.3 is 8.85 Å². The molecule has 1 fully saturated rings. The predicted molar refractivity (Wildman–Crippen MR) is 66.7 cm³/mol. The zero-order valence-corrected chi connectivity index (χ0v) is 11.0. The van der Waals surface area contributed by atoms with Gasteiger partial charge in [0.05, 0.1) is 0 Å². The summed E-state index contributed by atoms with van der Waals surface area (Å²) < 4.78 is 14.0. The molecule has 0 atom stereocenters. The van der Waals surface area contributed by atoms with Gasteiger partial charge >= 0.3 is 8.72 Å². The van der Waals surface area contributed by atoms with Crippen molar-refractivity contribution in [3.8, 4) is 0 Å². The van der Waals surface area contributed by atoms with E-state index in [9.17, 15) is 0 Å². The van der Waals surface area contributed by atoms with Gasteiger partial charge in [0, 0.05) is 19.4 Å². The summed E-state index contributed by atoms with van der Waals surface area (Å²) in [5.41, 5.74) is 0. The molecular formula is C12H19NO2Si. The van der Waals surface area contributed by atoms with Crippen LogP contribution in [0.25, 0.3) is 0 Å². The molecule has 0 spiro atoms. The maximum Gasteiger partial charge on any atom is 0.462 e. The Morgan fingerprint density at radius 3 is 2.06 bits per heavy atom. The maximum atomic E-state index is 5.80. The second kappa shape index (κ2) is 5.10. The first-order valence-electron chi connectivity index (χ1n) is 5.74. The van der Waals surface area contributed by atoms with Crippen LogP contribution in [0.15, 0.2) is 30.3 Å². The van der Waals surface area contributed by atoms with E-state index in [2.05, 4.69) is 16.7 Å². The third kappa shape index (κ3) is 1.93. The highest BCUT2D eigenvalue weighted by Gasteiger charge is 2.46. The molecular weight excluding hydrogens is 218 g/mol. The van der Waals surface area contributed by atoms with Crippen LogP contribution in [-0.2, 0) is 8.85 Å². The Labute approximate surface area is 98.3 Å². The minimum Gasteiger partial charge on any atom is -0.383 e. The summed E-state index contributed by atoms with van der Waals surface area (Å²) in [5, 5.41) is 1.20. The molecule has 1 aliphatic rings. The quantitative estimate of drug-likeness (QED) is 0.735. The first-order valence-corrected chi connectivity index (χ1v) is 7.51. The number of rotatable bonds is 4. The fourth-order valence-electron chi connectivity index (χ4n) is 2.42. The number of benzene rings is 1. The van der Waals surface area contributed by atoms with Gasteiger partial charge in [-0.05, 0) is 25.9 Å². The van der Waals surface area contributed by atoms with E-state index in [1.807, 2.05) is 18.2 Å². The molecule has 0 unspecified atom stereocenters. The zero-order valence-electron chi connectivity index (χ0n) is 9.98. The lowest BCUT2D eigenvalue weighted by Gasteiger charge is -2.35. The van der Waals surface area contributed by atoms with Gasteiger partial charge in [0.1, 0.15) is 0 Å². The molecule has 1 saturated heterocycles. The van der Waals surface area contributed by atoms with Crippen LogP contribution in [0.4, 0.5) is 0 Å². The van der Waals surface area contributed by atoms with Crippen molar-refractivity contribution in [3.05, 3.63) is 30.3 Å². The van der Waals surface area contributed by atoms with Gasteiger partial charge in [-0.25, -0.2) is 0 Å². The van der Waals surface area contributed by atoms with E-state index >= 15 is 0 Å². The Kier molecular flexibility index (Phi) is 3.76. The number of hydrogen-bond donors (Lipinski definition) is 0. The van der Waals surface area contributed by atoms with E-state index < -0.39 is 8.72 Å². The molecule has 88 valence electrons. The first kappa shape index (κ1) is 11.8. The fourth-order valence-corrected chi connectivity index (χ4v) is 5.46. The van der Waals surface area contributed by atoms with Crippen molar-refractivity contribution in [2.24, 2.45) is 0 Å². The van der Waals surface area contributed by atoms with Crippen LogP contribution in [0.5, 0.6) is 0 Å². The molecule has 1 heterocycles. The Balaban J connectivity index is 2.34. The largest absolute Gasteiger partial charge is 0.462 e. The van der Waals surface area contributed by atoms with E-state index in [0.717, 1.165) is 13.1 Å². The Morgan fingerprint density at radius 2 is 1.56 bits per heavy atom. The SMILES string of the molecule is CO[Si](OC)(c1ccccc1)N1CCCC1. The normalized spacial score (nSPS) is 17.9. The summed E-state index contributed by atoms with van der Waals surface area (Å²) in [4.78, 5) is 0. The smallest absolute Gasteiger partial charge is 0.383 e. The van der Waals surface area contributed by atoms with Crippen LogP contribution >= 0.6 is 0 Å². The summed E-state index contributed by atoms with van der Waals surface area (Å²) in [6.45, 7) is 2.17. The summed E-state index contributed by atoms with van der Waals surface area (Å²) in [6, 6.07) is 10.3. The molecule has 0 aliphatic carbocycles. The van der Waals surface area contributed by atoms with Crippen molar-refractivity contribution in [2.75, 3.05) is 27.3 Å². The van der Waals surface area contributed by atoms with Gasteiger partial charge in [0.15, 0.2) is 0 Å². The summed E-state index contributed by atoms with van der Waals surface area (Å²) in [6.07, 6.45) is 2.49. The van der Waals surface area contributed by atoms with Crippen molar-refractivity contribution in [1.82, 2.24) is 4.57 Å². The average Bonchev–Trinajstić information content (AvgIpc) is 2.87. The molecule has 0 radical (unpaired) electrons. The molecule has 0 bridgehead atoms. The van der Waals surface area contributed by atoms with Crippen LogP contribution < -0.4 is 5.19 Å². The Hall–Kier alpha value is -0.683. The minimum atomic E-state index is -2.35. The lowest BCUT2D eigenvalue weighted by Crippen LogP contribution is -2.65. The number of nitrogens with zero attached hydrogens (tertiary/aromatic N) is 1. The molecule has 0 aromatic heterocycles. The maximum absolute atomic E-state index is 5.80. The lowest BCUT2D eigenvalue weighted by atomic mass is 10.4. The lowest BCUT2D eigenvalue weighted by molar-refractivity contribution is 0.191. The molecule has 16 heavy (non-hydrogen) atoms. The van der Waals surface area contributed by atoms with Crippen molar-refractivity contribution < 1.29 is 8.85 Å². The monoisotopic (exact) mass is 237 g/mol. The van der Waals surface area contributed by atoms with Gasteiger partial charge in [0.2, 0.25) is 0 Å². The van der Waals surface area contributed by atoms with Crippen LogP contribution in [0.2, 0.25) is 0 Å². The first-order chi connectivity index (χ1) is 7.83. The molecule has 0 amide bonds. The van der Waals surface area contributed by atoms with E-state index in [1.54, 1.807) is 14.2 Å². The van der Waals surface area contributed by atoms with E-state index in [-0.39, 0.29) is 0 Å². The highest BCUT2D eigenvalue weighted by molar-refractivity contribution is 6.78. The zero-order chi connectivity index (χ0) is 11.4. The topological polar surface area (TPSA) is 21.7 Å². The predicted octanol–water partition coefficient (Wildman–Crippen LogP) is 1.22. The molecule has 4 heteroatoms. The van der Waals surface area contributed by atoms with E-state index in [4.69, 9.17) is 8.85 Å². The number of hydrogen-bond acceptors (Lipinski definition) is 3. The fraction of sp³-hybridized carbons (Fsp3) is 0.500. The molecule has 2 rings (SSSR count). The molecule has 3 nitrogen and oxygen atoms in total. The van der Waals surface area contributed by atoms with Crippen molar-refractivity contribution in [1.29, 1.82) is 0 Å². The summed E-state index contributed by atoms with van der Waals surface area (Å²) >= 11 is 0. The highest BCUT2D eigenvalue weighted by Crippen LogP contribution is 2.19. The van der Waals surface area contributed by atoms with Crippen molar-refractivity contribution >= 4 is 13.9 Å². The van der Waals surface area contributed by atoms with Gasteiger partial charge in [-0.3, -0.25) is 4.57 Å². The van der Waals surface area contributed by atoms with E-state index in [1.165, 1.54) is 18.0 Å². The third-order valence-electron chi connectivity index (χ3n) is 3.21. The van der Waals surface area contributed by atoms with E-state index in [0.29, 0.717) is 0 Å². The van der Waals surface area contributed by atoms with Gasteiger partial charge in [-0.15, -0.1) is 0 Å². The van der Waals surface area contributed by atoms with Gasteiger partial charge in [0.25, 0.3) is 0 Å². The van der Waals surface area contributed by atoms with Crippen molar-refractivity contribution in [3.63, 3.8) is 0 Å². The van der Waals surface area contributed by atoms with Gasteiger partial charge in [-0.1, -0.05) is 30.3 Å². The summed E-state index contributed by atoms with van der Waals surface area (Å²) in [5.74, 6) is 0.